The van der Waals surface area contributed by atoms with Crippen LogP contribution in [0.3, 0.4) is 0 Å². The summed E-state index contributed by atoms with van der Waals surface area (Å²) in [7, 11) is 0. The second-order valence-corrected chi connectivity index (χ2v) is 11.1. The zero-order valence-corrected chi connectivity index (χ0v) is 24.0. The van der Waals surface area contributed by atoms with Crippen molar-refractivity contribution in [3.8, 4) is 11.5 Å². The van der Waals surface area contributed by atoms with Gasteiger partial charge in [-0.15, -0.1) is 0 Å². The fourth-order valence-corrected chi connectivity index (χ4v) is 4.01. The van der Waals surface area contributed by atoms with Gasteiger partial charge in [0.05, 0.1) is 22.9 Å². The van der Waals surface area contributed by atoms with Gasteiger partial charge in [0.2, 0.25) is 0 Å². The van der Waals surface area contributed by atoms with Crippen LogP contribution in [-0.4, -0.2) is 19.4 Å². The van der Waals surface area contributed by atoms with Gasteiger partial charge in [-0.3, -0.25) is 0 Å². The lowest BCUT2D eigenvalue weighted by atomic mass is 9.87. The molecule has 37 heavy (non-hydrogen) atoms. The smallest absolute Gasteiger partial charge is 0.156 e. The van der Waals surface area contributed by atoms with E-state index in [-0.39, 0.29) is 16.5 Å². The predicted octanol–water partition coefficient (Wildman–Crippen LogP) is 9.16. The SMILES string of the molecule is CC(C)(C)c1ccc(CO/N=C/c2ccc(CCOc3c(Cl)cc(OCC=C(Cl)Cl)cc3Cl)cc2)cc1. The lowest BCUT2D eigenvalue weighted by molar-refractivity contribution is 0.132. The number of halogens is 4. The Kier molecular flexibility index (Phi) is 11.0. The van der Waals surface area contributed by atoms with Crippen LogP contribution in [0.25, 0.3) is 0 Å². The second-order valence-electron chi connectivity index (χ2n) is 9.32. The minimum atomic E-state index is 0.128. The van der Waals surface area contributed by atoms with Crippen LogP contribution in [0, 0.1) is 0 Å². The van der Waals surface area contributed by atoms with Crippen molar-refractivity contribution in [1.29, 1.82) is 0 Å². The van der Waals surface area contributed by atoms with Crippen LogP contribution in [0.5, 0.6) is 11.5 Å². The number of ether oxygens (including phenoxy) is 2. The van der Waals surface area contributed by atoms with E-state index in [2.05, 4.69) is 50.2 Å². The number of oxime groups is 1. The summed E-state index contributed by atoms with van der Waals surface area (Å²) in [6.07, 6.45) is 3.90. The van der Waals surface area contributed by atoms with E-state index in [0.717, 1.165) is 16.7 Å². The number of benzene rings is 3. The van der Waals surface area contributed by atoms with Gasteiger partial charge in [0, 0.05) is 18.6 Å². The lowest BCUT2D eigenvalue weighted by Crippen LogP contribution is -2.10. The Balaban J connectivity index is 1.44. The predicted molar refractivity (Wildman–Crippen MR) is 155 cm³/mol. The van der Waals surface area contributed by atoms with Crippen molar-refractivity contribution in [2.24, 2.45) is 5.16 Å². The molecule has 0 aliphatic heterocycles. The van der Waals surface area contributed by atoms with Crippen molar-refractivity contribution in [2.45, 2.75) is 39.2 Å². The van der Waals surface area contributed by atoms with Gasteiger partial charge in [-0.05, 0) is 33.7 Å². The number of hydrogen-bond donors (Lipinski definition) is 0. The van der Waals surface area contributed by atoms with Gasteiger partial charge < -0.3 is 14.3 Å². The topological polar surface area (TPSA) is 40.0 Å². The summed E-state index contributed by atoms with van der Waals surface area (Å²) >= 11 is 23.8. The van der Waals surface area contributed by atoms with Crippen LogP contribution in [0.2, 0.25) is 10.0 Å². The quantitative estimate of drug-likeness (QED) is 0.168. The molecule has 0 N–H and O–H groups in total. The minimum Gasteiger partial charge on any atom is -0.490 e. The highest BCUT2D eigenvalue weighted by Gasteiger charge is 2.13. The lowest BCUT2D eigenvalue weighted by Gasteiger charge is -2.18. The van der Waals surface area contributed by atoms with Crippen molar-refractivity contribution < 1.29 is 14.3 Å². The van der Waals surface area contributed by atoms with Crippen LogP contribution in [0.1, 0.15) is 43.0 Å². The van der Waals surface area contributed by atoms with Crippen molar-refractivity contribution in [1.82, 2.24) is 0 Å². The van der Waals surface area contributed by atoms with Gasteiger partial charge in [-0.25, -0.2) is 0 Å². The van der Waals surface area contributed by atoms with E-state index in [9.17, 15) is 0 Å². The molecule has 0 aliphatic rings. The molecule has 0 bridgehead atoms. The summed E-state index contributed by atoms with van der Waals surface area (Å²) in [6.45, 7) is 7.63. The zero-order chi connectivity index (χ0) is 26.8. The fourth-order valence-electron chi connectivity index (χ4n) is 3.31. The van der Waals surface area contributed by atoms with Crippen LogP contribution >= 0.6 is 46.4 Å². The Morgan fingerprint density at radius 3 is 2.08 bits per heavy atom. The molecule has 0 spiro atoms. The third-order valence-corrected chi connectivity index (χ3v) is 6.27. The molecule has 0 heterocycles. The Morgan fingerprint density at radius 1 is 0.865 bits per heavy atom. The molecule has 3 aromatic carbocycles. The largest absolute Gasteiger partial charge is 0.490 e. The fraction of sp³-hybridized carbons (Fsp3) is 0.276. The Morgan fingerprint density at radius 2 is 1.49 bits per heavy atom. The molecular formula is C29H29Cl4NO3. The van der Waals surface area contributed by atoms with Gasteiger partial charge in [0.15, 0.2) is 5.75 Å². The monoisotopic (exact) mass is 579 g/mol. The van der Waals surface area contributed by atoms with E-state index in [0.29, 0.717) is 41.2 Å². The van der Waals surface area contributed by atoms with Crippen LogP contribution in [0.15, 0.2) is 76.4 Å². The third-order valence-electron chi connectivity index (χ3n) is 5.40. The first-order chi connectivity index (χ1) is 17.6. The highest BCUT2D eigenvalue weighted by molar-refractivity contribution is 6.55. The van der Waals surface area contributed by atoms with Crippen LogP contribution in [-0.2, 0) is 23.3 Å². The Bertz CT molecular complexity index is 1190. The summed E-state index contributed by atoms with van der Waals surface area (Å²) in [6, 6.07) is 19.7. The first kappa shape index (κ1) is 29.2. The first-order valence-electron chi connectivity index (χ1n) is 11.7. The summed E-state index contributed by atoms with van der Waals surface area (Å²) < 4.78 is 11.5. The van der Waals surface area contributed by atoms with Crippen LogP contribution < -0.4 is 9.47 Å². The molecule has 4 nitrogen and oxygen atoms in total. The van der Waals surface area contributed by atoms with Gasteiger partial charge >= 0.3 is 0 Å². The molecule has 0 amide bonds. The first-order valence-corrected chi connectivity index (χ1v) is 13.2. The molecule has 0 saturated carbocycles. The maximum atomic E-state index is 6.32. The van der Waals surface area contributed by atoms with Crippen molar-refractivity contribution in [3.63, 3.8) is 0 Å². The molecule has 3 rings (SSSR count). The summed E-state index contributed by atoms with van der Waals surface area (Å²) in [5.74, 6) is 0.906. The van der Waals surface area contributed by atoms with Gasteiger partial charge in [-0.2, -0.15) is 0 Å². The molecule has 0 atom stereocenters. The van der Waals surface area contributed by atoms with Gasteiger partial charge in [0.1, 0.15) is 23.5 Å². The normalized spacial score (nSPS) is 11.4. The maximum Gasteiger partial charge on any atom is 0.156 e. The van der Waals surface area contributed by atoms with Crippen molar-refractivity contribution in [2.75, 3.05) is 13.2 Å². The molecule has 0 unspecified atom stereocenters. The highest BCUT2D eigenvalue weighted by atomic mass is 35.5. The van der Waals surface area contributed by atoms with Gasteiger partial charge in [0.25, 0.3) is 0 Å². The molecule has 196 valence electrons. The molecule has 0 aliphatic carbocycles. The van der Waals surface area contributed by atoms with E-state index in [1.807, 2.05) is 24.3 Å². The van der Waals surface area contributed by atoms with Crippen LogP contribution in [0.4, 0.5) is 0 Å². The van der Waals surface area contributed by atoms with E-state index in [1.54, 1.807) is 18.3 Å². The number of rotatable bonds is 11. The van der Waals surface area contributed by atoms with Crippen molar-refractivity contribution in [3.05, 3.63) is 104 Å². The van der Waals surface area contributed by atoms with E-state index in [4.69, 9.17) is 60.7 Å². The molecule has 8 heteroatoms. The van der Waals surface area contributed by atoms with Gasteiger partial charge in [-0.1, -0.05) is 121 Å². The third kappa shape index (κ3) is 9.79. The minimum absolute atomic E-state index is 0.128. The molecule has 3 aromatic rings. The Hall–Kier alpha value is -2.37. The molecule has 0 saturated heterocycles. The molecular weight excluding hydrogens is 552 g/mol. The number of hydrogen-bond acceptors (Lipinski definition) is 4. The van der Waals surface area contributed by atoms with E-state index in [1.165, 1.54) is 11.6 Å². The van der Waals surface area contributed by atoms with Crippen molar-refractivity contribution >= 4 is 52.6 Å². The summed E-state index contributed by atoms with van der Waals surface area (Å²) in [5.41, 5.74) is 4.56. The summed E-state index contributed by atoms with van der Waals surface area (Å²) in [5, 5.41) is 4.81. The zero-order valence-electron chi connectivity index (χ0n) is 20.9. The highest BCUT2D eigenvalue weighted by Crippen LogP contribution is 2.37. The molecule has 0 fully saturated rings. The van der Waals surface area contributed by atoms with E-state index < -0.39 is 0 Å². The average Bonchev–Trinajstić information content (AvgIpc) is 2.84. The molecule has 0 radical (unpaired) electrons. The number of nitrogens with zero attached hydrogens (tertiary/aromatic N) is 1. The average molecular weight is 581 g/mol. The standard InChI is InChI=1S/C29H29Cl4NO3/c1-29(2,3)23-10-8-22(9-11-23)19-37-34-18-21-6-4-20(5-7-21)12-14-36-28-25(30)16-24(17-26(28)31)35-15-13-27(32)33/h4-11,13,16-18H,12,14-15,19H2,1-3H3/b34-18+. The maximum absolute atomic E-state index is 6.32. The Labute approximate surface area is 238 Å². The van der Waals surface area contributed by atoms with E-state index >= 15 is 0 Å². The summed E-state index contributed by atoms with van der Waals surface area (Å²) in [4.78, 5) is 5.46. The second kappa shape index (κ2) is 14.0. The molecule has 0 aromatic heterocycles.